The zero-order valence-electron chi connectivity index (χ0n) is 13.5. The van der Waals surface area contributed by atoms with Crippen LogP contribution in [-0.4, -0.2) is 28.9 Å². The molecule has 2 heterocycles. The van der Waals surface area contributed by atoms with E-state index in [1.807, 2.05) is 6.20 Å². The Hall–Kier alpha value is -1.32. The van der Waals surface area contributed by atoms with E-state index < -0.39 is 0 Å². The molecule has 2 aliphatic rings. The summed E-state index contributed by atoms with van der Waals surface area (Å²) in [6.07, 6.45) is 15.3. The number of carbonyl (C=O) groups is 1. The van der Waals surface area contributed by atoms with Crippen LogP contribution < -0.4 is 0 Å². The summed E-state index contributed by atoms with van der Waals surface area (Å²) in [5.74, 6) is 2.57. The van der Waals surface area contributed by atoms with Gasteiger partial charge in [-0.3, -0.25) is 4.79 Å². The van der Waals surface area contributed by atoms with Gasteiger partial charge < -0.3 is 9.32 Å². The van der Waals surface area contributed by atoms with Gasteiger partial charge in [0.2, 0.25) is 5.91 Å². The van der Waals surface area contributed by atoms with Gasteiger partial charge in [-0.25, -0.2) is 4.98 Å². The van der Waals surface area contributed by atoms with Crippen LogP contribution in [0.15, 0.2) is 17.0 Å². The number of hydrogen-bond acceptors (Lipinski definition) is 3. The van der Waals surface area contributed by atoms with E-state index in [1.54, 1.807) is 0 Å². The minimum absolute atomic E-state index is 0.361. The highest BCUT2D eigenvalue weighted by molar-refractivity contribution is 5.76. The van der Waals surface area contributed by atoms with E-state index in [-0.39, 0.29) is 0 Å². The Morgan fingerprint density at radius 3 is 2.50 bits per heavy atom. The number of amides is 1. The van der Waals surface area contributed by atoms with Crippen LogP contribution in [0.3, 0.4) is 0 Å². The first-order valence-corrected chi connectivity index (χ1v) is 8.99. The summed E-state index contributed by atoms with van der Waals surface area (Å²) in [5, 5.41) is 0. The molecule has 0 radical (unpaired) electrons. The van der Waals surface area contributed by atoms with Gasteiger partial charge in [0.15, 0.2) is 6.39 Å². The van der Waals surface area contributed by atoms with Crippen LogP contribution in [0.25, 0.3) is 0 Å². The largest absolute Gasteiger partial charge is 0.448 e. The molecule has 1 amide bonds. The minimum Gasteiger partial charge on any atom is -0.448 e. The number of hydrogen-bond donors (Lipinski definition) is 0. The molecule has 1 aliphatic heterocycles. The molecule has 1 aromatic heterocycles. The van der Waals surface area contributed by atoms with Crippen molar-refractivity contribution in [3.05, 3.63) is 18.4 Å². The maximum atomic E-state index is 12.4. The number of likely N-dealkylation sites (tertiary alicyclic amines) is 1. The van der Waals surface area contributed by atoms with Gasteiger partial charge in [-0.2, -0.15) is 0 Å². The molecule has 3 rings (SSSR count). The molecular weight excluding hydrogens is 276 g/mol. The summed E-state index contributed by atoms with van der Waals surface area (Å²) < 4.78 is 5.39. The van der Waals surface area contributed by atoms with Crippen molar-refractivity contribution in [1.82, 2.24) is 9.88 Å². The number of aromatic nitrogens is 1. The third kappa shape index (κ3) is 4.11. The van der Waals surface area contributed by atoms with Gasteiger partial charge in [0, 0.05) is 25.4 Å². The van der Waals surface area contributed by atoms with Crippen LogP contribution in [0, 0.1) is 5.92 Å². The molecule has 0 unspecified atom stereocenters. The molecule has 122 valence electrons. The Morgan fingerprint density at radius 2 is 1.86 bits per heavy atom. The van der Waals surface area contributed by atoms with Crippen molar-refractivity contribution in [2.24, 2.45) is 5.92 Å². The van der Waals surface area contributed by atoms with Gasteiger partial charge in [-0.15, -0.1) is 0 Å². The molecular formula is C18H28N2O2. The Kier molecular flexibility index (Phi) is 5.52. The van der Waals surface area contributed by atoms with Crippen molar-refractivity contribution in [2.75, 3.05) is 13.1 Å². The summed E-state index contributed by atoms with van der Waals surface area (Å²) >= 11 is 0. The second kappa shape index (κ2) is 7.80. The van der Waals surface area contributed by atoms with E-state index in [4.69, 9.17) is 4.42 Å². The third-order valence-corrected chi connectivity index (χ3v) is 5.44. The molecule has 22 heavy (non-hydrogen) atoms. The van der Waals surface area contributed by atoms with Gasteiger partial charge in [0.25, 0.3) is 0 Å². The second-order valence-electron chi connectivity index (χ2n) is 6.96. The SMILES string of the molecule is O=C(CCC1CCCCCC1)N1CCC(c2cnco2)CC1. The summed E-state index contributed by atoms with van der Waals surface area (Å²) in [5.41, 5.74) is 0. The van der Waals surface area contributed by atoms with Crippen molar-refractivity contribution < 1.29 is 9.21 Å². The zero-order valence-corrected chi connectivity index (χ0v) is 13.5. The van der Waals surface area contributed by atoms with Crippen LogP contribution in [0.1, 0.15) is 75.9 Å². The Morgan fingerprint density at radius 1 is 1.14 bits per heavy atom. The van der Waals surface area contributed by atoms with Crippen molar-refractivity contribution in [1.29, 1.82) is 0 Å². The minimum atomic E-state index is 0.361. The highest BCUT2D eigenvalue weighted by Gasteiger charge is 2.25. The lowest BCUT2D eigenvalue weighted by molar-refractivity contribution is -0.132. The predicted molar refractivity (Wildman–Crippen MR) is 85.5 cm³/mol. The van der Waals surface area contributed by atoms with Crippen molar-refractivity contribution >= 4 is 5.91 Å². The Balaban J connectivity index is 1.40. The molecule has 1 saturated carbocycles. The second-order valence-corrected chi connectivity index (χ2v) is 6.96. The highest BCUT2D eigenvalue weighted by Crippen LogP contribution is 2.29. The maximum Gasteiger partial charge on any atom is 0.222 e. The van der Waals surface area contributed by atoms with E-state index in [0.29, 0.717) is 11.8 Å². The predicted octanol–water partition coefficient (Wildman–Crippen LogP) is 4.13. The number of piperidine rings is 1. The van der Waals surface area contributed by atoms with Crippen molar-refractivity contribution in [2.45, 2.75) is 70.1 Å². The van der Waals surface area contributed by atoms with Gasteiger partial charge >= 0.3 is 0 Å². The van der Waals surface area contributed by atoms with Crippen LogP contribution in [0.5, 0.6) is 0 Å². The molecule has 1 aliphatic carbocycles. The lowest BCUT2D eigenvalue weighted by atomic mass is 9.93. The standard InChI is InChI=1S/C18H28N2O2/c21-18(8-7-15-5-3-1-2-4-6-15)20-11-9-16(10-12-20)17-13-19-14-22-17/h13-16H,1-12H2. The smallest absolute Gasteiger partial charge is 0.222 e. The molecule has 0 spiro atoms. The van der Waals surface area contributed by atoms with E-state index in [2.05, 4.69) is 9.88 Å². The average molecular weight is 304 g/mol. The summed E-state index contributed by atoms with van der Waals surface area (Å²) in [6.45, 7) is 1.74. The lowest BCUT2D eigenvalue weighted by Crippen LogP contribution is -2.37. The van der Waals surface area contributed by atoms with E-state index in [1.165, 1.54) is 44.9 Å². The zero-order chi connectivity index (χ0) is 15.2. The summed E-state index contributed by atoms with van der Waals surface area (Å²) in [6, 6.07) is 0. The molecule has 4 nitrogen and oxygen atoms in total. The third-order valence-electron chi connectivity index (χ3n) is 5.44. The first-order valence-electron chi connectivity index (χ1n) is 8.99. The molecule has 0 atom stereocenters. The van der Waals surface area contributed by atoms with Crippen molar-refractivity contribution in [3.63, 3.8) is 0 Å². The fraction of sp³-hybridized carbons (Fsp3) is 0.778. The van der Waals surface area contributed by atoms with Crippen molar-refractivity contribution in [3.8, 4) is 0 Å². The number of oxazole rings is 1. The van der Waals surface area contributed by atoms with Gasteiger partial charge in [0.05, 0.1) is 6.20 Å². The normalized spacial score (nSPS) is 21.7. The number of carbonyl (C=O) groups excluding carboxylic acids is 1. The Labute approximate surface area is 133 Å². The van der Waals surface area contributed by atoms with Crippen LogP contribution in [0.4, 0.5) is 0 Å². The van der Waals surface area contributed by atoms with Gasteiger partial charge in [0.1, 0.15) is 5.76 Å². The maximum absolute atomic E-state index is 12.4. The van der Waals surface area contributed by atoms with Crippen LogP contribution in [0.2, 0.25) is 0 Å². The first kappa shape index (κ1) is 15.6. The fourth-order valence-electron chi connectivity index (χ4n) is 3.98. The monoisotopic (exact) mass is 304 g/mol. The molecule has 0 aromatic carbocycles. The van der Waals surface area contributed by atoms with E-state index >= 15 is 0 Å². The first-order chi connectivity index (χ1) is 10.8. The number of nitrogens with zero attached hydrogens (tertiary/aromatic N) is 2. The van der Waals surface area contributed by atoms with Crippen LogP contribution >= 0.6 is 0 Å². The number of rotatable bonds is 4. The quantitative estimate of drug-likeness (QED) is 0.786. The summed E-state index contributed by atoms with van der Waals surface area (Å²) in [4.78, 5) is 18.5. The molecule has 0 bridgehead atoms. The summed E-state index contributed by atoms with van der Waals surface area (Å²) in [7, 11) is 0. The molecule has 1 aromatic rings. The molecule has 4 heteroatoms. The average Bonchev–Trinajstić information content (AvgIpc) is 2.97. The topological polar surface area (TPSA) is 46.3 Å². The lowest BCUT2D eigenvalue weighted by Gasteiger charge is -2.31. The van der Waals surface area contributed by atoms with Crippen LogP contribution in [-0.2, 0) is 4.79 Å². The van der Waals surface area contributed by atoms with Gasteiger partial charge in [-0.1, -0.05) is 38.5 Å². The van der Waals surface area contributed by atoms with E-state index in [0.717, 1.165) is 50.5 Å². The van der Waals surface area contributed by atoms with E-state index in [9.17, 15) is 4.79 Å². The molecule has 0 N–H and O–H groups in total. The molecule has 1 saturated heterocycles. The Bertz CT molecular complexity index is 442. The fourth-order valence-corrected chi connectivity index (χ4v) is 3.98. The highest BCUT2D eigenvalue weighted by atomic mass is 16.3. The van der Waals surface area contributed by atoms with Gasteiger partial charge in [-0.05, 0) is 25.2 Å². The molecule has 2 fully saturated rings.